The third kappa shape index (κ3) is 3.13. The van der Waals surface area contributed by atoms with Crippen LogP contribution in [-0.4, -0.2) is 23.5 Å². The minimum Gasteiger partial charge on any atom is -0.461 e. The van der Waals surface area contributed by atoms with E-state index in [1.54, 1.807) is 31.2 Å². The summed E-state index contributed by atoms with van der Waals surface area (Å²) in [6.07, 6.45) is 0. The number of nitrogens with one attached hydrogen (secondary N) is 2. The summed E-state index contributed by atoms with van der Waals surface area (Å²) in [6, 6.07) is 8.67. The molecule has 0 saturated heterocycles. The van der Waals surface area contributed by atoms with Crippen LogP contribution in [0, 0.1) is 11.6 Å². The van der Waals surface area contributed by atoms with Crippen molar-refractivity contribution in [2.75, 3.05) is 11.9 Å². The highest BCUT2D eigenvalue weighted by Gasteiger charge is 2.25. The van der Waals surface area contributed by atoms with E-state index in [0.29, 0.717) is 10.9 Å². The van der Waals surface area contributed by atoms with E-state index < -0.39 is 29.1 Å². The number of benzene rings is 2. The zero-order valence-electron chi connectivity index (χ0n) is 13.5. The lowest BCUT2D eigenvalue weighted by Crippen LogP contribution is -2.18. The molecule has 26 heavy (non-hydrogen) atoms. The largest absolute Gasteiger partial charge is 0.461 e. The normalized spacial score (nSPS) is 10.8. The summed E-state index contributed by atoms with van der Waals surface area (Å²) < 4.78 is 33.0. The van der Waals surface area contributed by atoms with Crippen molar-refractivity contribution in [2.24, 2.45) is 0 Å². The predicted molar refractivity (Wildman–Crippen MR) is 93.6 cm³/mol. The summed E-state index contributed by atoms with van der Waals surface area (Å²) >= 11 is 5.63. The zero-order chi connectivity index (χ0) is 18.8. The van der Waals surface area contributed by atoms with Crippen LogP contribution in [-0.2, 0) is 4.74 Å². The van der Waals surface area contributed by atoms with Crippen molar-refractivity contribution in [1.82, 2.24) is 4.98 Å². The number of esters is 1. The lowest BCUT2D eigenvalue weighted by molar-refractivity contribution is 0.0522. The summed E-state index contributed by atoms with van der Waals surface area (Å²) in [5.41, 5.74) is -0.234. The maximum absolute atomic E-state index is 14.1. The van der Waals surface area contributed by atoms with Crippen molar-refractivity contribution in [1.29, 1.82) is 0 Å². The van der Waals surface area contributed by atoms with Gasteiger partial charge < -0.3 is 15.0 Å². The monoisotopic (exact) mass is 378 g/mol. The molecule has 1 aromatic heterocycles. The first-order valence-electron chi connectivity index (χ1n) is 7.66. The Morgan fingerprint density at radius 2 is 1.92 bits per heavy atom. The molecule has 5 nitrogen and oxygen atoms in total. The number of aromatic amines is 1. The van der Waals surface area contributed by atoms with E-state index in [9.17, 15) is 18.4 Å². The van der Waals surface area contributed by atoms with Gasteiger partial charge in [0.15, 0.2) is 5.82 Å². The summed E-state index contributed by atoms with van der Waals surface area (Å²) in [5.74, 6) is -4.02. The number of hydrogen-bond donors (Lipinski definition) is 2. The van der Waals surface area contributed by atoms with Gasteiger partial charge in [0.25, 0.3) is 5.91 Å². The second kappa shape index (κ2) is 7.13. The number of H-pyrrole nitrogens is 1. The average molecular weight is 379 g/mol. The Morgan fingerprint density at radius 1 is 1.19 bits per heavy atom. The van der Waals surface area contributed by atoms with Gasteiger partial charge in [-0.05, 0) is 25.1 Å². The van der Waals surface area contributed by atoms with Gasteiger partial charge in [-0.15, -0.1) is 0 Å². The molecule has 134 valence electrons. The summed E-state index contributed by atoms with van der Waals surface area (Å²) in [5, 5.41) is 2.49. The zero-order valence-corrected chi connectivity index (χ0v) is 14.3. The van der Waals surface area contributed by atoms with Crippen molar-refractivity contribution in [3.05, 3.63) is 64.3 Å². The molecule has 1 amide bonds. The van der Waals surface area contributed by atoms with Crippen LogP contribution in [0.15, 0.2) is 36.4 Å². The molecule has 8 heteroatoms. The van der Waals surface area contributed by atoms with Crippen LogP contribution in [0.3, 0.4) is 0 Å². The number of fused-ring (bicyclic) bond motifs is 1. The molecule has 0 aliphatic heterocycles. The molecule has 3 aromatic rings. The molecule has 0 radical (unpaired) electrons. The van der Waals surface area contributed by atoms with E-state index in [1.165, 1.54) is 0 Å². The number of halogens is 3. The van der Waals surface area contributed by atoms with Crippen molar-refractivity contribution in [3.63, 3.8) is 0 Å². The Labute approximate surface area is 151 Å². The average Bonchev–Trinajstić information content (AvgIpc) is 2.97. The molecule has 0 unspecified atom stereocenters. The first kappa shape index (κ1) is 17.9. The van der Waals surface area contributed by atoms with Crippen LogP contribution in [0.25, 0.3) is 10.9 Å². The van der Waals surface area contributed by atoms with Crippen LogP contribution in [0.4, 0.5) is 14.5 Å². The van der Waals surface area contributed by atoms with Gasteiger partial charge in [-0.3, -0.25) is 4.79 Å². The summed E-state index contributed by atoms with van der Waals surface area (Å²) in [6.45, 7) is 1.76. The Morgan fingerprint density at radius 3 is 2.65 bits per heavy atom. The Bertz CT molecular complexity index is 1020. The van der Waals surface area contributed by atoms with E-state index in [4.69, 9.17) is 16.3 Å². The van der Waals surface area contributed by atoms with Gasteiger partial charge in [0.05, 0.1) is 17.3 Å². The molecule has 3 rings (SSSR count). The number of amides is 1. The minimum absolute atomic E-state index is 0.0238. The number of hydrogen-bond acceptors (Lipinski definition) is 3. The van der Waals surface area contributed by atoms with Gasteiger partial charge in [-0.1, -0.05) is 29.8 Å². The molecule has 0 bridgehead atoms. The molecule has 2 aromatic carbocycles. The van der Waals surface area contributed by atoms with Crippen molar-refractivity contribution in [2.45, 2.75) is 6.92 Å². The number of ether oxygens (including phenoxy) is 1. The number of rotatable bonds is 4. The third-order valence-electron chi connectivity index (χ3n) is 3.70. The fourth-order valence-corrected chi connectivity index (χ4v) is 2.70. The lowest BCUT2D eigenvalue weighted by atomic mass is 10.1. The van der Waals surface area contributed by atoms with Crippen LogP contribution < -0.4 is 5.32 Å². The van der Waals surface area contributed by atoms with Crippen LogP contribution in [0.5, 0.6) is 0 Å². The van der Waals surface area contributed by atoms with E-state index >= 15 is 0 Å². The SMILES string of the molecule is CCOC(=O)c1[nH]c2ccccc2c1NC(=O)c1c(F)ccc(Cl)c1F. The minimum atomic E-state index is -1.18. The second-order valence-electron chi connectivity index (χ2n) is 5.31. The van der Waals surface area contributed by atoms with Crippen molar-refractivity contribution < 1.29 is 23.1 Å². The van der Waals surface area contributed by atoms with Gasteiger partial charge in [-0.25, -0.2) is 13.6 Å². The van der Waals surface area contributed by atoms with Crippen LogP contribution in [0.2, 0.25) is 5.02 Å². The quantitative estimate of drug-likeness (QED) is 0.517. The second-order valence-corrected chi connectivity index (χ2v) is 5.72. The van der Waals surface area contributed by atoms with Gasteiger partial charge in [0.1, 0.15) is 17.1 Å². The number of carbonyl (C=O) groups is 2. The molecule has 0 spiro atoms. The third-order valence-corrected chi connectivity index (χ3v) is 3.99. The number of carbonyl (C=O) groups excluding carboxylic acids is 2. The molecule has 0 atom stereocenters. The lowest BCUT2D eigenvalue weighted by Gasteiger charge is -2.09. The standard InChI is InChI=1S/C18H13ClF2N2O3/c1-2-26-18(25)16-15(9-5-3-4-6-12(9)22-16)23-17(24)13-11(20)8-7-10(19)14(13)21/h3-8,22H,2H2,1H3,(H,23,24). The Hall–Kier alpha value is -2.93. The fraction of sp³-hybridized carbons (Fsp3) is 0.111. The number of anilines is 1. The first-order chi connectivity index (χ1) is 12.4. The molecule has 0 aliphatic rings. The van der Waals surface area contributed by atoms with Gasteiger partial charge in [-0.2, -0.15) is 0 Å². The molecule has 0 saturated carbocycles. The van der Waals surface area contributed by atoms with Gasteiger partial charge >= 0.3 is 5.97 Å². The molecule has 2 N–H and O–H groups in total. The number of para-hydroxylation sites is 1. The topological polar surface area (TPSA) is 71.2 Å². The number of aromatic nitrogens is 1. The summed E-state index contributed by atoms with van der Waals surface area (Å²) in [4.78, 5) is 27.5. The van der Waals surface area contributed by atoms with Crippen molar-refractivity contribution in [3.8, 4) is 0 Å². The predicted octanol–water partition coefficient (Wildman–Crippen LogP) is 4.53. The first-order valence-corrected chi connectivity index (χ1v) is 8.04. The highest BCUT2D eigenvalue weighted by atomic mass is 35.5. The fourth-order valence-electron chi connectivity index (χ4n) is 2.54. The maximum Gasteiger partial charge on any atom is 0.356 e. The Balaban J connectivity index is 2.08. The van der Waals surface area contributed by atoms with Crippen LogP contribution >= 0.6 is 11.6 Å². The van der Waals surface area contributed by atoms with Crippen molar-refractivity contribution >= 4 is 40.1 Å². The van der Waals surface area contributed by atoms with Gasteiger partial charge in [0.2, 0.25) is 0 Å². The van der Waals surface area contributed by atoms with E-state index in [2.05, 4.69) is 10.3 Å². The maximum atomic E-state index is 14.1. The summed E-state index contributed by atoms with van der Waals surface area (Å²) in [7, 11) is 0. The van der Waals surface area contributed by atoms with E-state index in [0.717, 1.165) is 12.1 Å². The highest BCUT2D eigenvalue weighted by molar-refractivity contribution is 6.31. The molecular weight excluding hydrogens is 366 g/mol. The van der Waals surface area contributed by atoms with E-state index in [1.807, 2.05) is 0 Å². The Kier molecular flexibility index (Phi) is 4.90. The molecule has 0 fully saturated rings. The molecule has 1 heterocycles. The van der Waals surface area contributed by atoms with Gasteiger partial charge in [0, 0.05) is 10.9 Å². The molecular formula is C18H13ClF2N2O3. The van der Waals surface area contributed by atoms with Crippen LogP contribution in [0.1, 0.15) is 27.8 Å². The highest BCUT2D eigenvalue weighted by Crippen LogP contribution is 2.30. The smallest absolute Gasteiger partial charge is 0.356 e. The van der Waals surface area contributed by atoms with E-state index in [-0.39, 0.29) is 23.0 Å². The molecule has 0 aliphatic carbocycles.